The normalized spacial score (nSPS) is 28.1. The number of aromatic nitrogens is 2. The number of hydrogen-bond donors (Lipinski definition) is 2. The molecule has 1 aromatic rings. The molecular formula is C12H17N3O2. The van der Waals surface area contributed by atoms with Crippen molar-refractivity contribution in [3.8, 4) is 0 Å². The summed E-state index contributed by atoms with van der Waals surface area (Å²) in [5, 5.41) is 3.24. The Labute approximate surface area is 99.6 Å². The van der Waals surface area contributed by atoms with Crippen molar-refractivity contribution in [2.75, 3.05) is 13.2 Å². The molecule has 1 atom stereocenters. The Bertz CT molecular complexity index is 489. The molecular weight excluding hydrogens is 218 g/mol. The summed E-state index contributed by atoms with van der Waals surface area (Å²) in [6.07, 6.45) is 2.70. The van der Waals surface area contributed by atoms with E-state index in [2.05, 4.69) is 15.3 Å². The first-order valence-electron chi connectivity index (χ1n) is 6.16. The van der Waals surface area contributed by atoms with Crippen LogP contribution in [-0.4, -0.2) is 23.1 Å². The standard InChI is InChI=1S/C12H17N3O2/c1-12(4-2-6-17-12)11-14-9-7-13-5-3-8(9)10(16)15-11/h13H,2-7H2,1H3,(H,14,15,16). The lowest BCUT2D eigenvalue weighted by Gasteiger charge is -2.24. The van der Waals surface area contributed by atoms with Crippen LogP contribution in [0.1, 0.15) is 36.8 Å². The van der Waals surface area contributed by atoms with Crippen LogP contribution < -0.4 is 10.9 Å². The smallest absolute Gasteiger partial charge is 0.254 e. The van der Waals surface area contributed by atoms with E-state index in [9.17, 15) is 4.79 Å². The van der Waals surface area contributed by atoms with Crippen LogP contribution in [0.2, 0.25) is 0 Å². The van der Waals surface area contributed by atoms with E-state index < -0.39 is 5.60 Å². The number of nitrogens with one attached hydrogen (secondary N) is 2. The summed E-state index contributed by atoms with van der Waals surface area (Å²) in [6.45, 7) is 4.28. The monoisotopic (exact) mass is 235 g/mol. The third kappa shape index (κ3) is 1.79. The van der Waals surface area contributed by atoms with Crippen molar-refractivity contribution in [2.45, 2.75) is 38.3 Å². The van der Waals surface area contributed by atoms with Gasteiger partial charge in [-0.15, -0.1) is 0 Å². The van der Waals surface area contributed by atoms with E-state index >= 15 is 0 Å². The molecule has 92 valence electrons. The minimum atomic E-state index is -0.411. The summed E-state index contributed by atoms with van der Waals surface area (Å²) < 4.78 is 5.72. The van der Waals surface area contributed by atoms with E-state index in [1.54, 1.807) is 0 Å². The molecule has 1 aromatic heterocycles. The van der Waals surface area contributed by atoms with E-state index in [1.807, 2.05) is 6.92 Å². The van der Waals surface area contributed by atoms with Gasteiger partial charge in [0.2, 0.25) is 0 Å². The van der Waals surface area contributed by atoms with Gasteiger partial charge in [-0.3, -0.25) is 4.79 Å². The SMILES string of the molecule is CC1(c2nc3c(c(=O)[nH]2)CCNC3)CCCO1. The van der Waals surface area contributed by atoms with Crippen molar-refractivity contribution in [3.63, 3.8) is 0 Å². The van der Waals surface area contributed by atoms with Crippen LogP contribution in [-0.2, 0) is 23.3 Å². The molecule has 2 N–H and O–H groups in total. The van der Waals surface area contributed by atoms with Crippen LogP contribution in [0.3, 0.4) is 0 Å². The first-order chi connectivity index (χ1) is 8.19. The molecule has 1 saturated heterocycles. The molecule has 17 heavy (non-hydrogen) atoms. The van der Waals surface area contributed by atoms with Gasteiger partial charge in [0.1, 0.15) is 11.4 Å². The number of nitrogens with zero attached hydrogens (tertiary/aromatic N) is 1. The van der Waals surface area contributed by atoms with Crippen LogP contribution in [0.5, 0.6) is 0 Å². The Morgan fingerprint density at radius 3 is 3.12 bits per heavy atom. The lowest BCUT2D eigenvalue weighted by atomic mass is 10.0. The van der Waals surface area contributed by atoms with Gasteiger partial charge in [0, 0.05) is 18.7 Å². The summed E-state index contributed by atoms with van der Waals surface area (Å²) in [5.74, 6) is 0.683. The summed E-state index contributed by atoms with van der Waals surface area (Å²) in [7, 11) is 0. The molecule has 5 heteroatoms. The predicted molar refractivity (Wildman–Crippen MR) is 62.8 cm³/mol. The maximum atomic E-state index is 12.0. The molecule has 0 amide bonds. The minimum Gasteiger partial charge on any atom is -0.367 e. The van der Waals surface area contributed by atoms with Crippen molar-refractivity contribution in [1.82, 2.24) is 15.3 Å². The second kappa shape index (κ2) is 3.92. The van der Waals surface area contributed by atoms with Gasteiger partial charge >= 0.3 is 0 Å². The number of hydrogen-bond acceptors (Lipinski definition) is 4. The molecule has 2 aliphatic rings. The van der Waals surface area contributed by atoms with Crippen molar-refractivity contribution in [3.05, 3.63) is 27.4 Å². The summed E-state index contributed by atoms with van der Waals surface area (Å²) >= 11 is 0. The van der Waals surface area contributed by atoms with Crippen LogP contribution >= 0.6 is 0 Å². The van der Waals surface area contributed by atoms with Gasteiger partial charge in [0.15, 0.2) is 0 Å². The zero-order valence-corrected chi connectivity index (χ0v) is 10.0. The van der Waals surface area contributed by atoms with Gasteiger partial charge in [-0.1, -0.05) is 0 Å². The van der Waals surface area contributed by atoms with Crippen molar-refractivity contribution >= 4 is 0 Å². The van der Waals surface area contributed by atoms with Gasteiger partial charge in [-0.2, -0.15) is 0 Å². The van der Waals surface area contributed by atoms with Crippen molar-refractivity contribution in [2.24, 2.45) is 0 Å². The van der Waals surface area contributed by atoms with Gasteiger partial charge in [-0.05, 0) is 32.7 Å². The number of H-pyrrole nitrogens is 1. The second-order valence-electron chi connectivity index (χ2n) is 4.95. The molecule has 1 fully saturated rings. The molecule has 0 aromatic carbocycles. The van der Waals surface area contributed by atoms with Gasteiger partial charge in [0.05, 0.1) is 5.69 Å². The van der Waals surface area contributed by atoms with Crippen LogP contribution in [0.25, 0.3) is 0 Å². The molecule has 1 unspecified atom stereocenters. The highest BCUT2D eigenvalue weighted by molar-refractivity contribution is 5.22. The third-order valence-electron chi connectivity index (χ3n) is 3.67. The highest BCUT2D eigenvalue weighted by atomic mass is 16.5. The number of aromatic amines is 1. The number of fused-ring (bicyclic) bond motifs is 1. The Morgan fingerprint density at radius 2 is 2.35 bits per heavy atom. The largest absolute Gasteiger partial charge is 0.367 e. The quantitative estimate of drug-likeness (QED) is 0.741. The van der Waals surface area contributed by atoms with E-state index in [0.29, 0.717) is 12.4 Å². The van der Waals surface area contributed by atoms with Crippen molar-refractivity contribution < 1.29 is 4.74 Å². The first kappa shape index (κ1) is 10.9. The van der Waals surface area contributed by atoms with Crippen LogP contribution in [0.4, 0.5) is 0 Å². The Kier molecular flexibility index (Phi) is 2.52. The first-order valence-corrected chi connectivity index (χ1v) is 6.16. The highest BCUT2D eigenvalue weighted by Gasteiger charge is 2.35. The zero-order chi connectivity index (χ0) is 11.9. The molecule has 2 aliphatic heterocycles. The fourth-order valence-corrected chi connectivity index (χ4v) is 2.58. The molecule has 0 radical (unpaired) electrons. The average Bonchev–Trinajstić information content (AvgIpc) is 2.78. The molecule has 0 spiro atoms. The maximum Gasteiger partial charge on any atom is 0.254 e. The predicted octanol–water partition coefficient (Wildman–Crippen LogP) is 0.441. The van der Waals surface area contributed by atoms with Gasteiger partial charge in [0.25, 0.3) is 5.56 Å². The van der Waals surface area contributed by atoms with Crippen molar-refractivity contribution in [1.29, 1.82) is 0 Å². The topological polar surface area (TPSA) is 67.0 Å². The number of rotatable bonds is 1. The molecule has 0 bridgehead atoms. The fraction of sp³-hybridized carbons (Fsp3) is 0.667. The minimum absolute atomic E-state index is 0.00299. The molecule has 3 rings (SSSR count). The summed E-state index contributed by atoms with van der Waals surface area (Å²) in [5.41, 5.74) is 1.30. The molecule has 3 heterocycles. The highest BCUT2D eigenvalue weighted by Crippen LogP contribution is 2.33. The Morgan fingerprint density at radius 1 is 1.47 bits per heavy atom. The van der Waals surface area contributed by atoms with Crippen LogP contribution in [0.15, 0.2) is 4.79 Å². The zero-order valence-electron chi connectivity index (χ0n) is 10.0. The van der Waals surface area contributed by atoms with E-state index in [1.165, 1.54) is 0 Å². The Hall–Kier alpha value is -1.20. The molecule has 0 aliphatic carbocycles. The Balaban J connectivity index is 2.07. The second-order valence-corrected chi connectivity index (χ2v) is 4.95. The third-order valence-corrected chi connectivity index (χ3v) is 3.67. The average molecular weight is 235 g/mol. The summed E-state index contributed by atoms with van der Waals surface area (Å²) in [4.78, 5) is 19.5. The number of ether oxygens (including phenoxy) is 1. The lowest BCUT2D eigenvalue weighted by molar-refractivity contribution is 0.00885. The van der Waals surface area contributed by atoms with Gasteiger partial charge < -0.3 is 15.0 Å². The maximum absolute atomic E-state index is 12.0. The summed E-state index contributed by atoms with van der Waals surface area (Å²) in [6, 6.07) is 0. The van der Waals surface area contributed by atoms with Gasteiger partial charge in [-0.25, -0.2) is 4.98 Å². The molecule has 0 saturated carbocycles. The fourth-order valence-electron chi connectivity index (χ4n) is 2.58. The van der Waals surface area contributed by atoms with E-state index in [0.717, 1.165) is 43.7 Å². The molecule has 5 nitrogen and oxygen atoms in total. The van der Waals surface area contributed by atoms with E-state index in [4.69, 9.17) is 4.74 Å². The van der Waals surface area contributed by atoms with E-state index in [-0.39, 0.29) is 5.56 Å². The lowest BCUT2D eigenvalue weighted by Crippen LogP contribution is -2.35. The van der Waals surface area contributed by atoms with Crippen LogP contribution in [0, 0.1) is 0 Å².